The Morgan fingerprint density at radius 2 is 2.05 bits per heavy atom. The van der Waals surface area contributed by atoms with Gasteiger partial charge in [0.25, 0.3) is 0 Å². The van der Waals surface area contributed by atoms with Gasteiger partial charge in [0.15, 0.2) is 0 Å². The van der Waals surface area contributed by atoms with Gasteiger partial charge in [-0.15, -0.1) is 0 Å². The Morgan fingerprint density at radius 3 is 2.74 bits per heavy atom. The minimum absolute atomic E-state index is 0.0484. The van der Waals surface area contributed by atoms with Gasteiger partial charge in [0, 0.05) is 26.2 Å². The van der Waals surface area contributed by atoms with Crippen LogP contribution in [0.1, 0.15) is 13.3 Å². The molecular formula is C13H23N3O3. The van der Waals surface area contributed by atoms with Crippen molar-refractivity contribution < 1.29 is 14.7 Å². The number of carboxylic acid groups (broad SMARTS) is 1. The smallest absolute Gasteiger partial charge is 0.308 e. The van der Waals surface area contributed by atoms with Crippen molar-refractivity contribution in [2.24, 2.45) is 11.8 Å². The second-order valence-corrected chi connectivity index (χ2v) is 5.60. The fourth-order valence-electron chi connectivity index (χ4n) is 2.84. The van der Waals surface area contributed by atoms with E-state index >= 15 is 0 Å². The molecule has 0 spiro atoms. The van der Waals surface area contributed by atoms with E-state index in [4.69, 9.17) is 5.11 Å². The Morgan fingerprint density at radius 1 is 1.26 bits per heavy atom. The standard InChI is InChI=1S/C13H23N3O3/c1-10-7-16(8-11(10)13(18)19)12(17)9-15-5-2-3-14-4-6-15/h10-11,14H,2-9H2,1H3,(H,18,19)/t10-,11-/m1/s1. The van der Waals surface area contributed by atoms with Crippen molar-refractivity contribution >= 4 is 11.9 Å². The topological polar surface area (TPSA) is 72.9 Å². The van der Waals surface area contributed by atoms with Gasteiger partial charge in [-0.3, -0.25) is 14.5 Å². The van der Waals surface area contributed by atoms with Gasteiger partial charge < -0.3 is 15.3 Å². The van der Waals surface area contributed by atoms with E-state index in [1.165, 1.54) is 0 Å². The molecule has 108 valence electrons. The summed E-state index contributed by atoms with van der Waals surface area (Å²) in [5, 5.41) is 12.4. The molecule has 2 aliphatic rings. The lowest BCUT2D eigenvalue weighted by atomic mass is 9.99. The van der Waals surface area contributed by atoms with E-state index in [1.54, 1.807) is 4.90 Å². The minimum Gasteiger partial charge on any atom is -0.481 e. The van der Waals surface area contributed by atoms with Crippen LogP contribution in [0.5, 0.6) is 0 Å². The molecular weight excluding hydrogens is 246 g/mol. The number of carboxylic acids is 1. The maximum Gasteiger partial charge on any atom is 0.308 e. The van der Waals surface area contributed by atoms with Gasteiger partial charge in [-0.2, -0.15) is 0 Å². The summed E-state index contributed by atoms with van der Waals surface area (Å²) in [4.78, 5) is 27.1. The van der Waals surface area contributed by atoms with Gasteiger partial charge in [0.05, 0.1) is 12.5 Å². The van der Waals surface area contributed by atoms with E-state index in [2.05, 4.69) is 10.2 Å². The molecule has 2 aliphatic heterocycles. The summed E-state index contributed by atoms with van der Waals surface area (Å²) in [5.41, 5.74) is 0. The van der Waals surface area contributed by atoms with Crippen LogP contribution in [-0.4, -0.2) is 72.6 Å². The molecule has 0 unspecified atom stereocenters. The first-order chi connectivity index (χ1) is 9.08. The van der Waals surface area contributed by atoms with Crippen LogP contribution in [-0.2, 0) is 9.59 Å². The van der Waals surface area contributed by atoms with Crippen molar-refractivity contribution in [3.63, 3.8) is 0 Å². The highest BCUT2D eigenvalue weighted by atomic mass is 16.4. The van der Waals surface area contributed by atoms with Crippen molar-refractivity contribution in [3.05, 3.63) is 0 Å². The Bertz CT molecular complexity index is 340. The summed E-state index contributed by atoms with van der Waals surface area (Å²) in [7, 11) is 0. The van der Waals surface area contributed by atoms with E-state index in [-0.39, 0.29) is 11.8 Å². The van der Waals surface area contributed by atoms with Crippen molar-refractivity contribution in [1.29, 1.82) is 0 Å². The van der Waals surface area contributed by atoms with Gasteiger partial charge in [0.2, 0.25) is 5.91 Å². The van der Waals surface area contributed by atoms with E-state index in [0.29, 0.717) is 19.6 Å². The number of aliphatic carboxylic acids is 1. The lowest BCUT2D eigenvalue weighted by Crippen LogP contribution is -2.41. The number of nitrogens with one attached hydrogen (secondary N) is 1. The number of likely N-dealkylation sites (tertiary alicyclic amines) is 1. The highest BCUT2D eigenvalue weighted by Gasteiger charge is 2.37. The molecule has 2 rings (SSSR count). The highest BCUT2D eigenvalue weighted by molar-refractivity contribution is 5.80. The van der Waals surface area contributed by atoms with Gasteiger partial charge >= 0.3 is 5.97 Å². The number of rotatable bonds is 3. The molecule has 2 saturated heterocycles. The molecule has 0 aliphatic carbocycles. The van der Waals surface area contributed by atoms with Crippen LogP contribution in [0, 0.1) is 11.8 Å². The number of amides is 1. The summed E-state index contributed by atoms with van der Waals surface area (Å²) in [5.74, 6) is -1.08. The molecule has 6 heteroatoms. The Hall–Kier alpha value is -1.14. The first-order valence-electron chi connectivity index (χ1n) is 7.01. The maximum atomic E-state index is 12.2. The summed E-state index contributed by atoms with van der Waals surface area (Å²) in [6, 6.07) is 0. The van der Waals surface area contributed by atoms with E-state index in [9.17, 15) is 9.59 Å². The lowest BCUT2D eigenvalue weighted by Gasteiger charge is -2.23. The SMILES string of the molecule is C[C@@H]1CN(C(=O)CN2CCCNCC2)C[C@H]1C(=O)O. The average Bonchev–Trinajstić information content (AvgIpc) is 2.58. The Kier molecular flexibility index (Phi) is 4.76. The van der Waals surface area contributed by atoms with Crippen molar-refractivity contribution in [3.8, 4) is 0 Å². The molecule has 0 aromatic rings. The Labute approximate surface area is 113 Å². The number of carbonyl (C=O) groups excluding carboxylic acids is 1. The molecule has 19 heavy (non-hydrogen) atoms. The van der Waals surface area contributed by atoms with Crippen LogP contribution in [0.25, 0.3) is 0 Å². The second-order valence-electron chi connectivity index (χ2n) is 5.60. The summed E-state index contributed by atoms with van der Waals surface area (Å²) >= 11 is 0. The maximum absolute atomic E-state index is 12.2. The molecule has 0 aromatic carbocycles. The molecule has 0 saturated carbocycles. The molecule has 0 radical (unpaired) electrons. The quantitative estimate of drug-likeness (QED) is 0.720. The van der Waals surface area contributed by atoms with E-state index < -0.39 is 11.9 Å². The number of carbonyl (C=O) groups is 2. The van der Waals surface area contributed by atoms with Crippen LogP contribution in [0.4, 0.5) is 0 Å². The van der Waals surface area contributed by atoms with E-state index in [0.717, 1.165) is 32.6 Å². The minimum atomic E-state index is -0.790. The van der Waals surface area contributed by atoms with Gasteiger partial charge in [-0.1, -0.05) is 6.92 Å². The fourth-order valence-corrected chi connectivity index (χ4v) is 2.84. The molecule has 2 atom stereocenters. The van der Waals surface area contributed by atoms with Crippen molar-refractivity contribution in [2.75, 3.05) is 45.8 Å². The van der Waals surface area contributed by atoms with Crippen LogP contribution >= 0.6 is 0 Å². The van der Waals surface area contributed by atoms with Crippen LogP contribution in [0.2, 0.25) is 0 Å². The van der Waals surface area contributed by atoms with Gasteiger partial charge in [-0.05, 0) is 25.4 Å². The average molecular weight is 269 g/mol. The summed E-state index contributed by atoms with van der Waals surface area (Å²) < 4.78 is 0. The first kappa shape index (κ1) is 14.3. The third-order valence-electron chi connectivity index (χ3n) is 4.07. The van der Waals surface area contributed by atoms with Gasteiger partial charge in [0.1, 0.15) is 0 Å². The van der Waals surface area contributed by atoms with Crippen molar-refractivity contribution in [1.82, 2.24) is 15.1 Å². The fraction of sp³-hybridized carbons (Fsp3) is 0.846. The zero-order chi connectivity index (χ0) is 13.8. The summed E-state index contributed by atoms with van der Waals surface area (Å²) in [6.45, 7) is 7.00. The third-order valence-corrected chi connectivity index (χ3v) is 4.07. The molecule has 2 N–H and O–H groups in total. The molecule has 6 nitrogen and oxygen atoms in total. The third kappa shape index (κ3) is 3.67. The predicted molar refractivity (Wildman–Crippen MR) is 70.8 cm³/mol. The second kappa shape index (κ2) is 6.34. The summed E-state index contributed by atoms with van der Waals surface area (Å²) in [6.07, 6.45) is 1.06. The number of hydrogen-bond acceptors (Lipinski definition) is 4. The molecule has 1 amide bonds. The zero-order valence-electron chi connectivity index (χ0n) is 11.5. The normalized spacial score (nSPS) is 29.2. The first-order valence-corrected chi connectivity index (χ1v) is 7.01. The van der Waals surface area contributed by atoms with Crippen molar-refractivity contribution in [2.45, 2.75) is 13.3 Å². The Balaban J connectivity index is 1.85. The number of hydrogen-bond donors (Lipinski definition) is 2. The zero-order valence-corrected chi connectivity index (χ0v) is 11.5. The largest absolute Gasteiger partial charge is 0.481 e. The predicted octanol–water partition coefficient (Wildman–Crippen LogP) is -0.539. The van der Waals surface area contributed by atoms with Crippen LogP contribution < -0.4 is 5.32 Å². The highest BCUT2D eigenvalue weighted by Crippen LogP contribution is 2.23. The van der Waals surface area contributed by atoms with Gasteiger partial charge in [-0.25, -0.2) is 0 Å². The van der Waals surface area contributed by atoms with E-state index in [1.807, 2.05) is 6.92 Å². The monoisotopic (exact) mass is 269 g/mol. The molecule has 2 fully saturated rings. The molecule has 2 heterocycles. The lowest BCUT2D eigenvalue weighted by molar-refractivity contribution is -0.142. The molecule has 0 bridgehead atoms. The van der Waals surface area contributed by atoms with Crippen LogP contribution in [0.15, 0.2) is 0 Å². The number of nitrogens with zero attached hydrogens (tertiary/aromatic N) is 2. The van der Waals surface area contributed by atoms with Crippen LogP contribution in [0.3, 0.4) is 0 Å². The molecule has 0 aromatic heterocycles.